The van der Waals surface area contributed by atoms with Gasteiger partial charge in [0.15, 0.2) is 0 Å². The van der Waals surface area contributed by atoms with E-state index in [-0.39, 0.29) is 29.2 Å². The Bertz CT molecular complexity index is 458. The molecule has 1 saturated carbocycles. The molecule has 4 atom stereocenters. The van der Waals surface area contributed by atoms with Crippen molar-refractivity contribution in [1.82, 2.24) is 0 Å². The molecule has 2 rings (SSSR count). The number of cyclic esters (lactones) is 2. The molecule has 4 unspecified atom stereocenters. The van der Waals surface area contributed by atoms with Crippen LogP contribution in [0.15, 0.2) is 0 Å². The van der Waals surface area contributed by atoms with E-state index in [1.807, 2.05) is 0 Å². The fourth-order valence-corrected chi connectivity index (χ4v) is 4.17. The van der Waals surface area contributed by atoms with Crippen LogP contribution < -0.4 is 0 Å². The molecule has 0 aromatic heterocycles. The molecule has 0 aromatic rings. The number of hydrogen-bond acceptors (Lipinski definition) is 3. The first-order chi connectivity index (χ1) is 10.5. The molecule has 1 heterocycles. The maximum absolute atomic E-state index is 11.9. The minimum Gasteiger partial charge on any atom is -0.393 e. The Kier molecular flexibility index (Phi) is 5.27. The standard InChI is InChI=1S/C20H34O3/c1-13(19(2,3)4)8-7-11-20(5,6)14-9-10-15-16(12-14)18(22)23-17(15)21/h13-16H,7-12H2,1-6H3. The normalized spacial score (nSPS) is 30.1. The Balaban J connectivity index is 1.88. The van der Waals surface area contributed by atoms with Gasteiger partial charge in [0.2, 0.25) is 0 Å². The molecule has 0 spiro atoms. The van der Waals surface area contributed by atoms with Gasteiger partial charge < -0.3 is 4.74 Å². The van der Waals surface area contributed by atoms with Crippen LogP contribution in [0, 0.1) is 34.5 Å². The fourth-order valence-electron chi connectivity index (χ4n) is 4.17. The highest BCUT2D eigenvalue weighted by atomic mass is 16.6. The summed E-state index contributed by atoms with van der Waals surface area (Å²) in [6, 6.07) is 0. The minimum absolute atomic E-state index is 0.157. The lowest BCUT2D eigenvalue weighted by atomic mass is 9.63. The first-order valence-corrected chi connectivity index (χ1v) is 9.28. The summed E-state index contributed by atoms with van der Waals surface area (Å²) < 4.78 is 4.84. The largest absolute Gasteiger partial charge is 0.393 e. The van der Waals surface area contributed by atoms with Gasteiger partial charge in [-0.3, -0.25) is 9.59 Å². The molecule has 2 fully saturated rings. The van der Waals surface area contributed by atoms with Gasteiger partial charge in [0, 0.05) is 0 Å². The van der Waals surface area contributed by atoms with Crippen LogP contribution in [-0.4, -0.2) is 11.9 Å². The van der Waals surface area contributed by atoms with Gasteiger partial charge in [0.1, 0.15) is 0 Å². The van der Waals surface area contributed by atoms with E-state index < -0.39 is 0 Å². The van der Waals surface area contributed by atoms with E-state index in [9.17, 15) is 9.59 Å². The van der Waals surface area contributed by atoms with Crippen molar-refractivity contribution in [3.05, 3.63) is 0 Å². The summed E-state index contributed by atoms with van der Waals surface area (Å²) in [6.07, 6.45) is 6.38. The third-order valence-corrected chi connectivity index (χ3v) is 6.70. The van der Waals surface area contributed by atoms with Crippen LogP contribution in [0.4, 0.5) is 0 Å². The topological polar surface area (TPSA) is 43.4 Å². The van der Waals surface area contributed by atoms with Gasteiger partial charge in [-0.25, -0.2) is 0 Å². The zero-order valence-electron chi connectivity index (χ0n) is 15.8. The van der Waals surface area contributed by atoms with Gasteiger partial charge in [0.25, 0.3) is 0 Å². The van der Waals surface area contributed by atoms with Crippen molar-refractivity contribution in [2.75, 3.05) is 0 Å². The maximum Gasteiger partial charge on any atom is 0.317 e. The van der Waals surface area contributed by atoms with Crippen molar-refractivity contribution in [2.24, 2.45) is 34.5 Å². The second-order valence-electron chi connectivity index (χ2n) is 9.61. The van der Waals surface area contributed by atoms with Crippen molar-refractivity contribution < 1.29 is 14.3 Å². The van der Waals surface area contributed by atoms with Crippen molar-refractivity contribution >= 4 is 11.9 Å². The van der Waals surface area contributed by atoms with Crippen molar-refractivity contribution in [2.45, 2.75) is 80.1 Å². The van der Waals surface area contributed by atoms with Gasteiger partial charge in [0.05, 0.1) is 11.8 Å². The fraction of sp³-hybridized carbons (Fsp3) is 0.900. The molecule has 3 nitrogen and oxygen atoms in total. The molecule has 3 heteroatoms. The molecule has 2 aliphatic rings. The summed E-state index contributed by atoms with van der Waals surface area (Å²) in [5.41, 5.74) is 0.602. The Hall–Kier alpha value is -0.860. The predicted octanol–water partition coefficient (Wildman–Crippen LogP) is 4.98. The maximum atomic E-state index is 11.9. The molecule has 23 heavy (non-hydrogen) atoms. The third kappa shape index (κ3) is 4.16. The third-order valence-electron chi connectivity index (χ3n) is 6.70. The van der Waals surface area contributed by atoms with Gasteiger partial charge in [-0.15, -0.1) is 0 Å². The number of carbonyl (C=O) groups excluding carboxylic acids is 2. The van der Waals surface area contributed by atoms with Crippen LogP contribution >= 0.6 is 0 Å². The number of ether oxygens (including phenoxy) is 1. The lowest BCUT2D eigenvalue weighted by Gasteiger charge is -2.40. The van der Waals surface area contributed by atoms with Gasteiger partial charge in [-0.2, -0.15) is 0 Å². The average Bonchev–Trinajstić information content (AvgIpc) is 2.72. The number of carbonyl (C=O) groups is 2. The Labute approximate surface area is 141 Å². The van der Waals surface area contributed by atoms with Gasteiger partial charge in [-0.1, -0.05) is 54.4 Å². The lowest BCUT2D eigenvalue weighted by Crippen LogP contribution is -2.34. The van der Waals surface area contributed by atoms with Crippen LogP contribution in [0.2, 0.25) is 0 Å². The summed E-state index contributed by atoms with van der Waals surface area (Å²) in [4.78, 5) is 23.5. The number of esters is 2. The highest BCUT2D eigenvalue weighted by Gasteiger charge is 2.49. The van der Waals surface area contributed by atoms with Crippen LogP contribution in [0.5, 0.6) is 0 Å². The zero-order valence-corrected chi connectivity index (χ0v) is 15.8. The molecule has 0 radical (unpaired) electrons. The minimum atomic E-state index is -0.282. The van der Waals surface area contributed by atoms with Crippen LogP contribution in [0.1, 0.15) is 80.1 Å². The van der Waals surface area contributed by atoms with E-state index >= 15 is 0 Å². The van der Waals surface area contributed by atoms with E-state index in [0.29, 0.717) is 11.3 Å². The van der Waals surface area contributed by atoms with E-state index in [1.165, 1.54) is 19.3 Å². The first kappa shape index (κ1) is 18.5. The van der Waals surface area contributed by atoms with Crippen molar-refractivity contribution in [3.8, 4) is 0 Å². The first-order valence-electron chi connectivity index (χ1n) is 9.28. The summed E-state index contributed by atoms with van der Waals surface area (Å²) in [5.74, 6) is 0.352. The molecule has 0 N–H and O–H groups in total. The Morgan fingerprint density at radius 2 is 1.65 bits per heavy atom. The summed E-state index contributed by atoms with van der Waals surface area (Å²) >= 11 is 0. The molecular weight excluding hydrogens is 288 g/mol. The number of fused-ring (bicyclic) bond motifs is 1. The molecule has 0 bridgehead atoms. The quantitative estimate of drug-likeness (QED) is 0.529. The Morgan fingerprint density at radius 3 is 2.26 bits per heavy atom. The molecule has 132 valence electrons. The van der Waals surface area contributed by atoms with Gasteiger partial charge >= 0.3 is 11.9 Å². The summed E-state index contributed by atoms with van der Waals surface area (Å²) in [7, 11) is 0. The van der Waals surface area contributed by atoms with E-state index in [2.05, 4.69) is 41.5 Å². The number of hydrogen-bond donors (Lipinski definition) is 0. The average molecular weight is 322 g/mol. The second kappa shape index (κ2) is 6.57. The molecule has 1 aliphatic heterocycles. The number of rotatable bonds is 5. The molecule has 0 amide bonds. The molecule has 1 saturated heterocycles. The monoisotopic (exact) mass is 322 g/mol. The van der Waals surface area contributed by atoms with Crippen LogP contribution in [0.3, 0.4) is 0 Å². The molecule has 0 aromatic carbocycles. The van der Waals surface area contributed by atoms with E-state index in [4.69, 9.17) is 4.74 Å². The van der Waals surface area contributed by atoms with Gasteiger partial charge in [-0.05, 0) is 48.3 Å². The predicted molar refractivity (Wildman–Crippen MR) is 91.7 cm³/mol. The van der Waals surface area contributed by atoms with Crippen LogP contribution in [0.25, 0.3) is 0 Å². The lowest BCUT2D eigenvalue weighted by molar-refractivity contribution is -0.153. The van der Waals surface area contributed by atoms with E-state index in [0.717, 1.165) is 25.2 Å². The summed E-state index contributed by atoms with van der Waals surface area (Å²) in [5, 5.41) is 0. The van der Waals surface area contributed by atoms with Crippen LogP contribution in [-0.2, 0) is 14.3 Å². The zero-order chi connectivity index (χ0) is 17.4. The van der Waals surface area contributed by atoms with E-state index in [1.54, 1.807) is 0 Å². The summed E-state index contributed by atoms with van der Waals surface area (Å²) in [6.45, 7) is 14.0. The smallest absolute Gasteiger partial charge is 0.317 e. The molecular formula is C20H34O3. The Morgan fingerprint density at radius 1 is 1.04 bits per heavy atom. The molecule has 1 aliphatic carbocycles. The second-order valence-corrected chi connectivity index (χ2v) is 9.61. The highest BCUT2D eigenvalue weighted by molar-refractivity contribution is 5.96. The van der Waals surface area contributed by atoms with Crippen molar-refractivity contribution in [3.63, 3.8) is 0 Å². The van der Waals surface area contributed by atoms with Crippen molar-refractivity contribution in [1.29, 1.82) is 0 Å². The highest BCUT2D eigenvalue weighted by Crippen LogP contribution is 2.48. The SMILES string of the molecule is CC(CCCC(C)(C)C1CCC2C(=O)OC(=O)C2C1)C(C)(C)C.